The average Bonchev–Trinajstić information content (AvgIpc) is 2.43. The number of aryl methyl sites for hydroxylation is 1. The van der Waals surface area contributed by atoms with Crippen molar-refractivity contribution in [2.45, 2.75) is 18.2 Å². The van der Waals surface area contributed by atoms with Crippen LogP contribution in [0.5, 0.6) is 0 Å². The number of nitrogens with one attached hydrogen (secondary N) is 1. The molecule has 2 rings (SSSR count). The van der Waals surface area contributed by atoms with E-state index in [4.69, 9.17) is 17.3 Å². The minimum atomic E-state index is -3.77. The first-order valence-electron chi connectivity index (χ1n) is 6.19. The Morgan fingerprint density at radius 3 is 2.43 bits per heavy atom. The molecule has 0 aliphatic rings. The summed E-state index contributed by atoms with van der Waals surface area (Å²) < 4.78 is 27.7. The Labute approximate surface area is 137 Å². The quantitative estimate of drug-likeness (QED) is 0.775. The molecule has 2 aromatic carbocycles. The third-order valence-corrected chi connectivity index (χ3v) is 5.71. The molecule has 0 radical (unpaired) electrons. The smallest absolute Gasteiger partial charge is 0.263 e. The van der Waals surface area contributed by atoms with Gasteiger partial charge in [-0.15, -0.1) is 0 Å². The molecule has 21 heavy (non-hydrogen) atoms. The fourth-order valence-electron chi connectivity index (χ4n) is 1.80. The number of nitrogens with two attached hydrogens (primary N) is 1. The Morgan fingerprint density at radius 1 is 1.24 bits per heavy atom. The predicted octanol–water partition coefficient (Wildman–Crippen LogP) is 4.05. The van der Waals surface area contributed by atoms with Gasteiger partial charge in [0.15, 0.2) is 0 Å². The van der Waals surface area contributed by atoms with E-state index in [-0.39, 0.29) is 15.6 Å². The van der Waals surface area contributed by atoms with Gasteiger partial charge in [-0.2, -0.15) is 0 Å². The molecular weight excluding hydrogens is 376 g/mol. The Bertz CT molecular complexity index is 761. The molecule has 0 bridgehead atoms. The lowest BCUT2D eigenvalue weighted by Crippen LogP contribution is -2.14. The topological polar surface area (TPSA) is 72.2 Å². The van der Waals surface area contributed by atoms with E-state index in [1.54, 1.807) is 12.1 Å². The van der Waals surface area contributed by atoms with Crippen molar-refractivity contribution < 1.29 is 8.42 Å². The highest BCUT2D eigenvalue weighted by atomic mass is 79.9. The Morgan fingerprint density at radius 2 is 1.86 bits per heavy atom. The van der Waals surface area contributed by atoms with Gasteiger partial charge < -0.3 is 5.73 Å². The van der Waals surface area contributed by atoms with Gasteiger partial charge in [0, 0.05) is 16.4 Å². The molecule has 112 valence electrons. The summed E-state index contributed by atoms with van der Waals surface area (Å²) >= 11 is 9.06. The van der Waals surface area contributed by atoms with E-state index in [2.05, 4.69) is 20.7 Å². The standard InChI is InChI=1S/C14H14BrClN2O2S/c1-2-9-3-5-11(6-4-9)18-21(19,20)13-8-10(16)7-12(17)14(13)15/h3-8,18H,2,17H2,1H3. The number of nitrogen functional groups attached to an aromatic ring is 1. The van der Waals surface area contributed by atoms with Gasteiger partial charge in [-0.05, 0) is 52.2 Å². The van der Waals surface area contributed by atoms with Crippen molar-refractivity contribution in [1.29, 1.82) is 0 Å². The number of rotatable bonds is 4. The van der Waals surface area contributed by atoms with Crippen molar-refractivity contribution in [3.63, 3.8) is 0 Å². The second-order valence-electron chi connectivity index (χ2n) is 4.46. The van der Waals surface area contributed by atoms with Gasteiger partial charge in [0.1, 0.15) is 4.90 Å². The van der Waals surface area contributed by atoms with Gasteiger partial charge in [0.2, 0.25) is 0 Å². The normalized spacial score (nSPS) is 11.4. The number of anilines is 2. The van der Waals surface area contributed by atoms with Crippen molar-refractivity contribution in [2.24, 2.45) is 0 Å². The maximum absolute atomic E-state index is 12.4. The van der Waals surface area contributed by atoms with Crippen LogP contribution in [0.15, 0.2) is 45.8 Å². The van der Waals surface area contributed by atoms with Crippen molar-refractivity contribution in [2.75, 3.05) is 10.5 Å². The van der Waals surface area contributed by atoms with Gasteiger partial charge in [0.25, 0.3) is 10.0 Å². The highest BCUT2D eigenvalue weighted by Gasteiger charge is 2.20. The molecule has 4 nitrogen and oxygen atoms in total. The van der Waals surface area contributed by atoms with Crippen LogP contribution in [0.4, 0.5) is 11.4 Å². The van der Waals surface area contributed by atoms with Crippen LogP contribution in [0.2, 0.25) is 5.02 Å². The maximum Gasteiger partial charge on any atom is 0.263 e. The first kappa shape index (κ1) is 16.1. The number of hydrogen-bond acceptors (Lipinski definition) is 3. The molecule has 0 unspecified atom stereocenters. The molecule has 0 fully saturated rings. The van der Waals surface area contributed by atoms with E-state index in [0.717, 1.165) is 12.0 Å². The largest absolute Gasteiger partial charge is 0.398 e. The minimum Gasteiger partial charge on any atom is -0.398 e. The van der Waals surface area contributed by atoms with E-state index < -0.39 is 10.0 Å². The molecule has 0 heterocycles. The molecule has 3 N–H and O–H groups in total. The lowest BCUT2D eigenvalue weighted by atomic mass is 10.2. The highest BCUT2D eigenvalue weighted by molar-refractivity contribution is 9.10. The minimum absolute atomic E-state index is 0.00654. The van der Waals surface area contributed by atoms with Crippen LogP contribution < -0.4 is 10.5 Å². The molecule has 0 saturated heterocycles. The molecular formula is C14H14BrClN2O2S. The lowest BCUT2D eigenvalue weighted by Gasteiger charge is -2.12. The summed E-state index contributed by atoms with van der Waals surface area (Å²) in [5.41, 5.74) is 7.61. The maximum atomic E-state index is 12.4. The SMILES string of the molecule is CCc1ccc(NS(=O)(=O)c2cc(Cl)cc(N)c2Br)cc1. The number of hydrogen-bond donors (Lipinski definition) is 2. The van der Waals surface area contributed by atoms with Crippen LogP contribution in [0.3, 0.4) is 0 Å². The van der Waals surface area contributed by atoms with E-state index >= 15 is 0 Å². The summed E-state index contributed by atoms with van der Waals surface area (Å²) in [6, 6.07) is 10.0. The van der Waals surface area contributed by atoms with Crippen LogP contribution in [-0.4, -0.2) is 8.42 Å². The Kier molecular flexibility index (Phi) is 4.81. The number of benzene rings is 2. The fourth-order valence-corrected chi connectivity index (χ4v) is 4.15. The lowest BCUT2D eigenvalue weighted by molar-refractivity contribution is 0.601. The van der Waals surface area contributed by atoms with Crippen LogP contribution in [0, 0.1) is 0 Å². The van der Waals surface area contributed by atoms with E-state index in [0.29, 0.717) is 10.2 Å². The molecule has 0 aromatic heterocycles. The first-order valence-corrected chi connectivity index (χ1v) is 8.85. The zero-order valence-corrected chi connectivity index (χ0v) is 14.4. The third-order valence-electron chi connectivity index (χ3n) is 2.94. The highest BCUT2D eigenvalue weighted by Crippen LogP contribution is 2.32. The second-order valence-corrected chi connectivity index (χ2v) is 7.34. The summed E-state index contributed by atoms with van der Waals surface area (Å²) in [6.07, 6.45) is 0.892. The predicted molar refractivity (Wildman–Crippen MR) is 90.2 cm³/mol. The van der Waals surface area contributed by atoms with Crippen LogP contribution in [-0.2, 0) is 16.4 Å². The summed E-state index contributed by atoms with van der Waals surface area (Å²) in [7, 11) is -3.77. The van der Waals surface area contributed by atoms with Gasteiger partial charge in [-0.3, -0.25) is 4.72 Å². The molecule has 2 aromatic rings. The van der Waals surface area contributed by atoms with E-state index in [1.165, 1.54) is 12.1 Å². The molecule has 7 heteroatoms. The summed E-state index contributed by atoms with van der Waals surface area (Å²) in [4.78, 5) is 0.00654. The zero-order chi connectivity index (χ0) is 15.6. The zero-order valence-electron chi connectivity index (χ0n) is 11.2. The third kappa shape index (κ3) is 3.70. The van der Waals surface area contributed by atoms with Gasteiger partial charge >= 0.3 is 0 Å². The van der Waals surface area contributed by atoms with Crippen LogP contribution in [0.25, 0.3) is 0 Å². The van der Waals surface area contributed by atoms with Crippen LogP contribution in [0.1, 0.15) is 12.5 Å². The summed E-state index contributed by atoms with van der Waals surface area (Å²) in [5.74, 6) is 0. The van der Waals surface area contributed by atoms with Gasteiger partial charge in [-0.25, -0.2) is 8.42 Å². The molecule has 0 aliphatic heterocycles. The van der Waals surface area contributed by atoms with Crippen molar-refractivity contribution in [1.82, 2.24) is 0 Å². The van der Waals surface area contributed by atoms with Crippen molar-refractivity contribution in [3.8, 4) is 0 Å². The fraction of sp³-hybridized carbons (Fsp3) is 0.143. The average molecular weight is 390 g/mol. The second kappa shape index (κ2) is 6.25. The molecule has 0 amide bonds. The Hall–Kier alpha value is -1.24. The Balaban J connectivity index is 2.38. The van der Waals surface area contributed by atoms with Crippen molar-refractivity contribution >= 4 is 48.9 Å². The first-order chi connectivity index (χ1) is 9.83. The van der Waals surface area contributed by atoms with Gasteiger partial charge in [0.05, 0.1) is 4.47 Å². The number of halogens is 2. The van der Waals surface area contributed by atoms with Crippen LogP contribution >= 0.6 is 27.5 Å². The molecule has 0 spiro atoms. The summed E-state index contributed by atoms with van der Waals surface area (Å²) in [5, 5.41) is 0.261. The summed E-state index contributed by atoms with van der Waals surface area (Å²) in [6.45, 7) is 2.03. The van der Waals surface area contributed by atoms with Crippen molar-refractivity contribution in [3.05, 3.63) is 51.5 Å². The van der Waals surface area contributed by atoms with E-state index in [1.807, 2.05) is 19.1 Å². The molecule has 0 saturated carbocycles. The monoisotopic (exact) mass is 388 g/mol. The molecule has 0 atom stereocenters. The molecule has 0 aliphatic carbocycles. The van der Waals surface area contributed by atoms with Gasteiger partial charge in [-0.1, -0.05) is 30.7 Å². The number of sulfonamides is 1. The van der Waals surface area contributed by atoms with E-state index in [9.17, 15) is 8.42 Å².